The summed E-state index contributed by atoms with van der Waals surface area (Å²) in [6, 6.07) is 7.92. The highest BCUT2D eigenvalue weighted by Crippen LogP contribution is 2.19. The molecule has 0 aliphatic heterocycles. The fourth-order valence-corrected chi connectivity index (χ4v) is 1.80. The maximum Gasteiger partial charge on any atom is 0.0598 e. The van der Waals surface area contributed by atoms with Crippen LogP contribution in [0, 0.1) is 0 Å². The fourth-order valence-electron chi connectivity index (χ4n) is 1.07. The maximum absolute atomic E-state index is 5.63. The van der Waals surface area contributed by atoms with Gasteiger partial charge < -0.3 is 10.5 Å². The third kappa shape index (κ3) is 5.70. The van der Waals surface area contributed by atoms with Gasteiger partial charge in [0.2, 0.25) is 0 Å². The predicted molar refractivity (Wildman–Crippen MR) is 67.3 cm³/mol. The van der Waals surface area contributed by atoms with E-state index in [1.54, 1.807) is 11.8 Å². The average molecular weight is 225 g/mol. The predicted octanol–water partition coefficient (Wildman–Crippen LogP) is 3.18. The van der Waals surface area contributed by atoms with Crippen LogP contribution in [0.25, 0.3) is 0 Å². The number of benzene rings is 1. The van der Waals surface area contributed by atoms with Gasteiger partial charge in [0, 0.05) is 16.3 Å². The van der Waals surface area contributed by atoms with E-state index in [0.29, 0.717) is 0 Å². The normalized spacial score (nSPS) is 11.7. The molecule has 84 valence electrons. The zero-order valence-electron chi connectivity index (χ0n) is 9.62. The Labute approximate surface area is 96.2 Å². The number of anilines is 1. The summed E-state index contributed by atoms with van der Waals surface area (Å²) in [5.74, 6) is 0.973. The molecule has 2 nitrogen and oxygen atoms in total. The minimum atomic E-state index is -0.0400. The Morgan fingerprint density at radius 3 is 2.33 bits per heavy atom. The summed E-state index contributed by atoms with van der Waals surface area (Å²) >= 11 is 1.79. The van der Waals surface area contributed by atoms with E-state index in [4.69, 9.17) is 10.5 Å². The van der Waals surface area contributed by atoms with Crippen molar-refractivity contribution in [2.75, 3.05) is 18.1 Å². The lowest BCUT2D eigenvalue weighted by atomic mass is 10.2. The molecule has 0 aliphatic rings. The quantitative estimate of drug-likeness (QED) is 0.485. The summed E-state index contributed by atoms with van der Waals surface area (Å²) in [5.41, 5.74) is 6.38. The minimum Gasteiger partial charge on any atom is -0.399 e. The first-order valence-electron chi connectivity index (χ1n) is 5.10. The van der Waals surface area contributed by atoms with Crippen molar-refractivity contribution in [3.63, 3.8) is 0 Å². The van der Waals surface area contributed by atoms with Crippen LogP contribution in [0.3, 0.4) is 0 Å². The molecule has 0 unspecified atom stereocenters. The Balaban J connectivity index is 2.23. The van der Waals surface area contributed by atoms with Crippen molar-refractivity contribution >= 4 is 17.4 Å². The number of hydrogen-bond donors (Lipinski definition) is 1. The molecule has 0 bridgehead atoms. The highest BCUT2D eigenvalue weighted by atomic mass is 32.2. The zero-order valence-corrected chi connectivity index (χ0v) is 10.4. The summed E-state index contributed by atoms with van der Waals surface area (Å²) in [6.45, 7) is 6.99. The van der Waals surface area contributed by atoms with E-state index in [9.17, 15) is 0 Å². The number of nitrogens with two attached hydrogens (primary N) is 1. The molecule has 3 heteroatoms. The molecule has 0 aromatic heterocycles. The number of thioether (sulfide) groups is 1. The SMILES string of the molecule is CC(C)(C)OCCSc1ccc(N)cc1. The Kier molecular flexibility index (Phi) is 4.48. The maximum atomic E-state index is 5.63. The zero-order chi connectivity index (χ0) is 11.3. The first-order chi connectivity index (χ1) is 6.97. The molecule has 0 saturated carbocycles. The summed E-state index contributed by atoms with van der Waals surface area (Å²) < 4.78 is 5.63. The van der Waals surface area contributed by atoms with E-state index in [-0.39, 0.29) is 5.60 Å². The lowest BCUT2D eigenvalue weighted by molar-refractivity contribution is 0.00695. The second-order valence-corrected chi connectivity index (χ2v) is 5.55. The summed E-state index contributed by atoms with van der Waals surface area (Å²) in [7, 11) is 0. The van der Waals surface area contributed by atoms with Gasteiger partial charge in [0.05, 0.1) is 12.2 Å². The fraction of sp³-hybridized carbons (Fsp3) is 0.500. The standard InChI is InChI=1S/C12H19NOS/c1-12(2,3)14-8-9-15-11-6-4-10(13)5-7-11/h4-7H,8-9,13H2,1-3H3. The second-order valence-electron chi connectivity index (χ2n) is 4.38. The Hall–Kier alpha value is -0.670. The molecule has 2 N–H and O–H groups in total. The van der Waals surface area contributed by atoms with E-state index in [2.05, 4.69) is 20.8 Å². The van der Waals surface area contributed by atoms with Crippen LogP contribution < -0.4 is 5.73 Å². The van der Waals surface area contributed by atoms with Gasteiger partial charge in [-0.15, -0.1) is 11.8 Å². The third-order valence-electron chi connectivity index (χ3n) is 1.77. The lowest BCUT2D eigenvalue weighted by Gasteiger charge is -2.19. The largest absolute Gasteiger partial charge is 0.399 e. The van der Waals surface area contributed by atoms with Gasteiger partial charge in [0.1, 0.15) is 0 Å². The third-order valence-corrected chi connectivity index (χ3v) is 2.74. The first kappa shape index (κ1) is 12.4. The van der Waals surface area contributed by atoms with Crippen LogP contribution in [0.4, 0.5) is 5.69 Å². The molecular weight excluding hydrogens is 206 g/mol. The van der Waals surface area contributed by atoms with Crippen molar-refractivity contribution in [2.24, 2.45) is 0 Å². The Morgan fingerprint density at radius 1 is 1.20 bits per heavy atom. The van der Waals surface area contributed by atoms with Gasteiger partial charge in [-0.2, -0.15) is 0 Å². The van der Waals surface area contributed by atoms with E-state index in [1.807, 2.05) is 24.3 Å². The van der Waals surface area contributed by atoms with Crippen molar-refractivity contribution in [3.8, 4) is 0 Å². The van der Waals surface area contributed by atoms with Gasteiger partial charge >= 0.3 is 0 Å². The van der Waals surface area contributed by atoms with E-state index >= 15 is 0 Å². The van der Waals surface area contributed by atoms with Crippen LogP contribution in [-0.2, 0) is 4.74 Å². The van der Waals surface area contributed by atoms with Crippen molar-refractivity contribution in [1.82, 2.24) is 0 Å². The smallest absolute Gasteiger partial charge is 0.0598 e. The first-order valence-corrected chi connectivity index (χ1v) is 6.08. The van der Waals surface area contributed by atoms with Crippen LogP contribution >= 0.6 is 11.8 Å². The molecule has 0 heterocycles. The molecule has 1 rings (SSSR count). The second kappa shape index (κ2) is 5.42. The number of nitrogen functional groups attached to an aromatic ring is 1. The average Bonchev–Trinajstić information content (AvgIpc) is 2.14. The molecule has 0 radical (unpaired) electrons. The highest BCUT2D eigenvalue weighted by molar-refractivity contribution is 7.99. The summed E-state index contributed by atoms with van der Waals surface area (Å²) in [4.78, 5) is 1.24. The molecule has 1 aromatic carbocycles. The van der Waals surface area contributed by atoms with Gasteiger partial charge in [-0.25, -0.2) is 0 Å². The lowest BCUT2D eigenvalue weighted by Crippen LogP contribution is -2.20. The number of rotatable bonds is 4. The van der Waals surface area contributed by atoms with Gasteiger partial charge in [-0.05, 0) is 45.0 Å². The highest BCUT2D eigenvalue weighted by Gasteiger charge is 2.08. The summed E-state index contributed by atoms with van der Waals surface area (Å²) in [5, 5.41) is 0. The van der Waals surface area contributed by atoms with Crippen LogP contribution in [0.15, 0.2) is 29.2 Å². The van der Waals surface area contributed by atoms with Crippen LogP contribution in [0.5, 0.6) is 0 Å². The van der Waals surface area contributed by atoms with Gasteiger partial charge in [0.25, 0.3) is 0 Å². The van der Waals surface area contributed by atoms with Crippen LogP contribution in [-0.4, -0.2) is 18.0 Å². The molecule has 0 saturated heterocycles. The van der Waals surface area contributed by atoms with Crippen molar-refractivity contribution in [2.45, 2.75) is 31.3 Å². The number of ether oxygens (including phenoxy) is 1. The van der Waals surface area contributed by atoms with E-state index in [0.717, 1.165) is 18.0 Å². The molecule has 1 aromatic rings. The minimum absolute atomic E-state index is 0.0400. The van der Waals surface area contributed by atoms with Crippen LogP contribution in [0.1, 0.15) is 20.8 Å². The molecule has 15 heavy (non-hydrogen) atoms. The molecule has 0 spiro atoms. The molecule has 0 amide bonds. The Morgan fingerprint density at radius 2 is 1.80 bits per heavy atom. The molecular formula is C12H19NOS. The molecule has 0 atom stereocenters. The van der Waals surface area contributed by atoms with Gasteiger partial charge in [0.15, 0.2) is 0 Å². The summed E-state index contributed by atoms with van der Waals surface area (Å²) in [6.07, 6.45) is 0. The Bertz CT molecular complexity index is 289. The number of hydrogen-bond acceptors (Lipinski definition) is 3. The molecule has 0 aliphatic carbocycles. The monoisotopic (exact) mass is 225 g/mol. The topological polar surface area (TPSA) is 35.2 Å². The van der Waals surface area contributed by atoms with E-state index < -0.39 is 0 Å². The van der Waals surface area contributed by atoms with Gasteiger partial charge in [-0.3, -0.25) is 0 Å². The van der Waals surface area contributed by atoms with Crippen molar-refractivity contribution in [1.29, 1.82) is 0 Å². The van der Waals surface area contributed by atoms with Crippen LogP contribution in [0.2, 0.25) is 0 Å². The van der Waals surface area contributed by atoms with Crippen molar-refractivity contribution in [3.05, 3.63) is 24.3 Å². The molecule has 0 fully saturated rings. The van der Waals surface area contributed by atoms with E-state index in [1.165, 1.54) is 4.90 Å². The van der Waals surface area contributed by atoms with Crippen molar-refractivity contribution < 1.29 is 4.74 Å². The van der Waals surface area contributed by atoms with Gasteiger partial charge in [-0.1, -0.05) is 0 Å².